The zero-order valence-corrected chi connectivity index (χ0v) is 23.6. The Morgan fingerprint density at radius 2 is 0.857 bits per heavy atom. The van der Waals surface area contributed by atoms with Crippen LogP contribution in [0.25, 0.3) is 0 Å². The van der Waals surface area contributed by atoms with Crippen LogP contribution in [0.4, 0.5) is 0 Å². The van der Waals surface area contributed by atoms with Gasteiger partial charge in [-0.25, -0.2) is 0 Å². The molecule has 0 saturated heterocycles. The lowest BCUT2D eigenvalue weighted by atomic mass is 10.0. The summed E-state index contributed by atoms with van der Waals surface area (Å²) in [6, 6.07) is 0. The Morgan fingerprint density at radius 3 is 1.29 bits per heavy atom. The Kier molecular flexibility index (Phi) is 26.7. The first-order valence-corrected chi connectivity index (χ1v) is 15.5. The van der Waals surface area contributed by atoms with Gasteiger partial charge in [0.2, 0.25) is 0 Å². The minimum Gasteiger partial charge on any atom is -0.481 e. The molecule has 0 aliphatic rings. The first kappa shape index (κ1) is 33.9. The normalized spacial score (nSPS) is 12.1. The van der Waals surface area contributed by atoms with Gasteiger partial charge in [0.05, 0.1) is 0 Å². The Morgan fingerprint density at radius 1 is 0.514 bits per heavy atom. The van der Waals surface area contributed by atoms with E-state index in [1.165, 1.54) is 103 Å². The van der Waals surface area contributed by atoms with Crippen LogP contribution in [-0.4, -0.2) is 23.1 Å². The largest absolute Gasteiger partial charge is 0.481 e. The molecule has 1 unspecified atom stereocenters. The van der Waals surface area contributed by atoms with Crippen LogP contribution >= 0.6 is 0 Å². The number of carbonyl (C=O) groups is 2. The van der Waals surface area contributed by atoms with Crippen molar-refractivity contribution in [1.82, 2.24) is 0 Å². The van der Waals surface area contributed by atoms with E-state index in [0.717, 1.165) is 44.9 Å². The molecule has 35 heavy (non-hydrogen) atoms. The number of carboxylic acid groups (broad SMARTS) is 1. The van der Waals surface area contributed by atoms with Gasteiger partial charge < -0.3 is 9.84 Å². The molecule has 0 radical (unpaired) electrons. The summed E-state index contributed by atoms with van der Waals surface area (Å²) in [6.07, 6.45) is 29.6. The monoisotopic (exact) mass is 496 g/mol. The van der Waals surface area contributed by atoms with Crippen LogP contribution < -0.4 is 0 Å². The molecule has 1 atom stereocenters. The molecule has 0 fully saturated rings. The zero-order chi connectivity index (χ0) is 25.8. The fraction of sp³-hybridized carbons (Fsp3) is 0.935. The van der Waals surface area contributed by atoms with Crippen LogP contribution in [0.2, 0.25) is 0 Å². The van der Waals surface area contributed by atoms with Gasteiger partial charge >= 0.3 is 11.9 Å². The Hall–Kier alpha value is -1.06. The van der Waals surface area contributed by atoms with E-state index in [4.69, 9.17) is 9.84 Å². The molecule has 1 N–H and O–H groups in total. The van der Waals surface area contributed by atoms with E-state index >= 15 is 0 Å². The third-order valence-electron chi connectivity index (χ3n) is 7.08. The average Bonchev–Trinajstić information content (AvgIpc) is 2.83. The molecule has 0 spiro atoms. The number of esters is 1. The van der Waals surface area contributed by atoms with E-state index in [1.54, 1.807) is 0 Å². The molecule has 0 amide bonds. The predicted molar refractivity (Wildman–Crippen MR) is 149 cm³/mol. The van der Waals surface area contributed by atoms with E-state index in [2.05, 4.69) is 13.8 Å². The zero-order valence-electron chi connectivity index (χ0n) is 23.6. The highest BCUT2D eigenvalue weighted by molar-refractivity contribution is 5.69. The Labute approximate surface area is 218 Å². The second-order valence-corrected chi connectivity index (χ2v) is 10.7. The highest BCUT2D eigenvalue weighted by Gasteiger charge is 2.14. The van der Waals surface area contributed by atoms with E-state index < -0.39 is 5.97 Å². The van der Waals surface area contributed by atoms with Crippen LogP contribution in [0.15, 0.2) is 0 Å². The lowest BCUT2D eigenvalue weighted by molar-refractivity contribution is -0.150. The summed E-state index contributed by atoms with van der Waals surface area (Å²) in [5, 5.41) is 8.80. The number of hydrogen-bond acceptors (Lipinski definition) is 3. The van der Waals surface area contributed by atoms with Gasteiger partial charge in [-0.05, 0) is 38.5 Å². The minimum atomic E-state index is -0.724. The number of carboxylic acids is 1. The molecule has 0 aromatic carbocycles. The van der Waals surface area contributed by atoms with Gasteiger partial charge in [-0.3, -0.25) is 9.59 Å². The fourth-order valence-electron chi connectivity index (χ4n) is 4.77. The van der Waals surface area contributed by atoms with E-state index in [-0.39, 0.29) is 18.5 Å². The van der Waals surface area contributed by atoms with Gasteiger partial charge in [0.25, 0.3) is 0 Å². The highest BCUT2D eigenvalue weighted by Crippen LogP contribution is 2.18. The summed E-state index contributed by atoms with van der Waals surface area (Å²) in [6.45, 7) is 4.51. The smallest absolute Gasteiger partial charge is 0.306 e. The van der Waals surface area contributed by atoms with Crippen molar-refractivity contribution in [3.63, 3.8) is 0 Å². The highest BCUT2D eigenvalue weighted by atomic mass is 16.5. The summed E-state index contributed by atoms with van der Waals surface area (Å²) in [5.41, 5.74) is 0. The van der Waals surface area contributed by atoms with Crippen molar-refractivity contribution in [2.75, 3.05) is 0 Å². The van der Waals surface area contributed by atoms with Crippen LogP contribution in [-0.2, 0) is 14.3 Å². The molecule has 0 heterocycles. The van der Waals surface area contributed by atoms with Crippen molar-refractivity contribution in [3.05, 3.63) is 0 Å². The summed E-state index contributed by atoms with van der Waals surface area (Å²) < 4.78 is 5.87. The summed E-state index contributed by atoms with van der Waals surface area (Å²) in [4.78, 5) is 23.1. The second kappa shape index (κ2) is 27.5. The van der Waals surface area contributed by atoms with Gasteiger partial charge in [0.15, 0.2) is 0 Å². The maximum Gasteiger partial charge on any atom is 0.306 e. The molecule has 0 aromatic heterocycles. The molecule has 0 aromatic rings. The average molecular weight is 497 g/mol. The topological polar surface area (TPSA) is 63.6 Å². The molecule has 4 heteroatoms. The molecule has 208 valence electrons. The quantitative estimate of drug-likeness (QED) is 0.0864. The second-order valence-electron chi connectivity index (χ2n) is 10.7. The molecule has 0 aliphatic heterocycles. The first-order valence-electron chi connectivity index (χ1n) is 15.5. The summed E-state index contributed by atoms with van der Waals surface area (Å²) in [7, 11) is 0. The van der Waals surface area contributed by atoms with Gasteiger partial charge in [-0.15, -0.1) is 0 Å². The molecular weight excluding hydrogens is 436 g/mol. The number of unbranched alkanes of at least 4 members (excludes halogenated alkanes) is 19. The molecule has 0 saturated carbocycles. The maximum absolute atomic E-state index is 12.4. The van der Waals surface area contributed by atoms with Crippen LogP contribution in [0.1, 0.15) is 181 Å². The van der Waals surface area contributed by atoms with Crippen molar-refractivity contribution in [2.45, 2.75) is 187 Å². The van der Waals surface area contributed by atoms with E-state index in [9.17, 15) is 9.59 Å². The summed E-state index contributed by atoms with van der Waals surface area (Å²) >= 11 is 0. The molecule has 0 bridgehead atoms. The lowest BCUT2D eigenvalue weighted by Crippen LogP contribution is -2.18. The van der Waals surface area contributed by atoms with Gasteiger partial charge in [0.1, 0.15) is 6.10 Å². The van der Waals surface area contributed by atoms with Gasteiger partial charge in [-0.2, -0.15) is 0 Å². The molecular formula is C31H60O4. The van der Waals surface area contributed by atoms with Crippen molar-refractivity contribution < 1.29 is 19.4 Å². The van der Waals surface area contributed by atoms with Crippen molar-refractivity contribution in [1.29, 1.82) is 0 Å². The SMILES string of the molecule is CCCCCCCCCCCCCCC(=O)OC(CCCCCCCCC)CCCCCC(=O)O. The van der Waals surface area contributed by atoms with Crippen molar-refractivity contribution in [2.24, 2.45) is 0 Å². The number of ether oxygens (including phenoxy) is 1. The number of aliphatic carboxylic acids is 1. The minimum absolute atomic E-state index is 0.0142. The predicted octanol–water partition coefficient (Wildman–Crippen LogP) is 10.2. The molecule has 0 rings (SSSR count). The van der Waals surface area contributed by atoms with Crippen LogP contribution in [0, 0.1) is 0 Å². The van der Waals surface area contributed by atoms with Crippen molar-refractivity contribution >= 4 is 11.9 Å². The third-order valence-corrected chi connectivity index (χ3v) is 7.08. The molecule has 0 aliphatic carbocycles. The molecule has 4 nitrogen and oxygen atoms in total. The van der Waals surface area contributed by atoms with Crippen LogP contribution in [0.5, 0.6) is 0 Å². The van der Waals surface area contributed by atoms with E-state index in [1.807, 2.05) is 0 Å². The number of carbonyl (C=O) groups excluding carboxylic acids is 1. The fourth-order valence-corrected chi connectivity index (χ4v) is 4.77. The third kappa shape index (κ3) is 27.4. The van der Waals surface area contributed by atoms with Crippen molar-refractivity contribution in [3.8, 4) is 0 Å². The first-order chi connectivity index (χ1) is 17.1. The maximum atomic E-state index is 12.4. The van der Waals surface area contributed by atoms with E-state index in [0.29, 0.717) is 12.8 Å². The number of hydrogen-bond donors (Lipinski definition) is 1. The summed E-state index contributed by atoms with van der Waals surface area (Å²) in [5.74, 6) is -0.756. The standard InChI is InChI=1S/C31H60O4/c1-3-5-7-9-11-12-13-14-15-17-19-24-28-31(34)35-29(26-22-20-23-27-30(32)33)25-21-18-16-10-8-6-4-2/h29H,3-28H2,1-2H3,(H,32,33). The van der Waals surface area contributed by atoms with Gasteiger partial charge in [-0.1, -0.05) is 129 Å². The Balaban J connectivity index is 3.91. The number of rotatable bonds is 28. The van der Waals surface area contributed by atoms with Gasteiger partial charge in [0, 0.05) is 12.8 Å². The lowest BCUT2D eigenvalue weighted by Gasteiger charge is -2.18. The van der Waals surface area contributed by atoms with Crippen LogP contribution in [0.3, 0.4) is 0 Å². The Bertz CT molecular complexity index is 463.